The lowest BCUT2D eigenvalue weighted by Gasteiger charge is -2.43. The van der Waals surface area contributed by atoms with Crippen molar-refractivity contribution in [1.82, 2.24) is 4.90 Å². The van der Waals surface area contributed by atoms with Gasteiger partial charge in [0.15, 0.2) is 5.70 Å². The first-order chi connectivity index (χ1) is 8.49. The zero-order valence-electron chi connectivity index (χ0n) is 10.1. The maximum atomic E-state index is 11.9. The first-order valence-electron chi connectivity index (χ1n) is 5.77. The second-order valence-corrected chi connectivity index (χ2v) is 6.76. The van der Waals surface area contributed by atoms with Gasteiger partial charge in [-0.1, -0.05) is 18.7 Å². The van der Waals surface area contributed by atoms with Gasteiger partial charge in [-0.05, 0) is 19.1 Å². The van der Waals surface area contributed by atoms with Gasteiger partial charge in [-0.25, -0.2) is 4.79 Å². The summed E-state index contributed by atoms with van der Waals surface area (Å²) in [5, 5.41) is 18.5. The molecule has 5 nitrogen and oxygen atoms in total. The number of amides is 1. The Kier molecular flexibility index (Phi) is 3.93. The minimum absolute atomic E-state index is 0.0883. The predicted molar refractivity (Wildman–Crippen MR) is 70.8 cm³/mol. The molecular formula is C11H15NO4S2. The van der Waals surface area contributed by atoms with Crippen LogP contribution in [0.25, 0.3) is 0 Å². The number of aliphatic hydroxyl groups excluding tert-OH is 1. The fraction of sp³-hybridized carbons (Fsp3) is 0.636. The number of carbonyl (C=O) groups is 2. The monoisotopic (exact) mass is 289 g/mol. The van der Waals surface area contributed by atoms with Crippen LogP contribution in [0.3, 0.4) is 0 Å². The van der Waals surface area contributed by atoms with Gasteiger partial charge in [-0.3, -0.25) is 9.69 Å². The van der Waals surface area contributed by atoms with E-state index in [-0.39, 0.29) is 17.0 Å². The fourth-order valence-corrected chi connectivity index (χ4v) is 4.90. The number of nitrogens with zero attached hydrogens (tertiary/aromatic N) is 1. The number of carbonyl (C=O) groups excluding carboxylic acids is 1. The maximum absolute atomic E-state index is 11.9. The summed E-state index contributed by atoms with van der Waals surface area (Å²) in [7, 11) is 0. The highest BCUT2D eigenvalue weighted by molar-refractivity contribution is 8.22. The molecule has 2 aliphatic heterocycles. The van der Waals surface area contributed by atoms with Crippen LogP contribution in [0.1, 0.15) is 20.3 Å². The molecule has 0 aliphatic carbocycles. The van der Waals surface area contributed by atoms with E-state index in [0.29, 0.717) is 4.24 Å². The van der Waals surface area contributed by atoms with E-state index >= 15 is 0 Å². The van der Waals surface area contributed by atoms with Gasteiger partial charge in [0, 0.05) is 0 Å². The fourth-order valence-electron chi connectivity index (χ4n) is 2.05. The molecule has 2 aliphatic rings. The summed E-state index contributed by atoms with van der Waals surface area (Å²) >= 11 is 2.85. The van der Waals surface area contributed by atoms with Crippen molar-refractivity contribution in [2.24, 2.45) is 5.92 Å². The third kappa shape index (κ3) is 2.04. The number of fused-ring (bicyclic) bond motifs is 1. The Morgan fingerprint density at radius 2 is 2.28 bits per heavy atom. The molecule has 2 N–H and O–H groups in total. The molecule has 7 heteroatoms. The number of hydrogen-bond acceptors (Lipinski definition) is 5. The number of hydrogen-bond donors (Lipinski definition) is 2. The Bertz CT molecular complexity index is 421. The molecule has 0 spiro atoms. The highest BCUT2D eigenvalue weighted by Gasteiger charge is 2.57. The SMILES string of the molecule is CCCSC1=C(C(=O)O)N2C(=O)[C@H](C(C)O)[C@H]2S1. The second-order valence-electron chi connectivity index (χ2n) is 4.27. The lowest BCUT2D eigenvalue weighted by Crippen LogP contribution is -2.60. The number of aliphatic carboxylic acids is 1. The van der Waals surface area contributed by atoms with Crippen LogP contribution in [-0.4, -0.2) is 44.2 Å². The number of thioether (sulfide) groups is 2. The Balaban J connectivity index is 2.21. The highest BCUT2D eigenvalue weighted by Crippen LogP contribution is 2.53. The number of carboxylic acids is 1. The van der Waals surface area contributed by atoms with E-state index in [9.17, 15) is 19.8 Å². The minimum Gasteiger partial charge on any atom is -0.477 e. The zero-order valence-corrected chi connectivity index (χ0v) is 11.8. The van der Waals surface area contributed by atoms with Crippen molar-refractivity contribution >= 4 is 35.4 Å². The smallest absolute Gasteiger partial charge is 0.354 e. The maximum Gasteiger partial charge on any atom is 0.354 e. The molecule has 1 saturated heterocycles. The predicted octanol–water partition coefficient (Wildman–Crippen LogP) is 1.30. The van der Waals surface area contributed by atoms with Crippen molar-refractivity contribution in [3.63, 3.8) is 0 Å². The molecular weight excluding hydrogens is 274 g/mol. The molecule has 0 saturated carbocycles. The summed E-state index contributed by atoms with van der Waals surface area (Å²) in [6, 6.07) is 0. The van der Waals surface area contributed by atoms with Crippen molar-refractivity contribution in [1.29, 1.82) is 0 Å². The molecule has 1 unspecified atom stereocenters. The van der Waals surface area contributed by atoms with Gasteiger partial charge in [0.1, 0.15) is 5.37 Å². The third-order valence-corrected chi connectivity index (χ3v) is 5.77. The largest absolute Gasteiger partial charge is 0.477 e. The van der Waals surface area contributed by atoms with Gasteiger partial charge in [-0.15, -0.1) is 11.8 Å². The highest BCUT2D eigenvalue weighted by atomic mass is 32.2. The number of β-lactam (4-membered cyclic amide) rings is 1. The summed E-state index contributed by atoms with van der Waals surface area (Å²) in [5.41, 5.74) is 0.0883. The molecule has 0 bridgehead atoms. The van der Waals surface area contributed by atoms with Gasteiger partial charge in [0.05, 0.1) is 16.3 Å². The summed E-state index contributed by atoms with van der Waals surface area (Å²) in [5.74, 6) is -1.01. The number of aliphatic hydroxyl groups is 1. The lowest BCUT2D eigenvalue weighted by atomic mass is 9.92. The van der Waals surface area contributed by atoms with Crippen LogP contribution in [-0.2, 0) is 9.59 Å². The number of carboxylic acid groups (broad SMARTS) is 1. The number of rotatable bonds is 5. The van der Waals surface area contributed by atoms with E-state index in [1.165, 1.54) is 28.4 Å². The zero-order chi connectivity index (χ0) is 13.4. The van der Waals surface area contributed by atoms with Gasteiger partial charge in [-0.2, -0.15) is 0 Å². The van der Waals surface area contributed by atoms with Crippen LogP contribution in [0.2, 0.25) is 0 Å². The minimum atomic E-state index is -1.07. The van der Waals surface area contributed by atoms with Gasteiger partial charge in [0.25, 0.3) is 0 Å². The van der Waals surface area contributed by atoms with E-state index in [2.05, 4.69) is 0 Å². The average molecular weight is 289 g/mol. The molecule has 1 amide bonds. The van der Waals surface area contributed by atoms with Crippen LogP contribution in [0.15, 0.2) is 9.93 Å². The van der Waals surface area contributed by atoms with Crippen molar-refractivity contribution in [2.45, 2.75) is 31.7 Å². The van der Waals surface area contributed by atoms with E-state index in [1.807, 2.05) is 6.92 Å². The molecule has 0 aromatic rings. The van der Waals surface area contributed by atoms with Gasteiger partial charge in [0.2, 0.25) is 5.91 Å². The molecule has 2 heterocycles. The first-order valence-corrected chi connectivity index (χ1v) is 7.63. The van der Waals surface area contributed by atoms with Crippen molar-refractivity contribution in [3.8, 4) is 0 Å². The van der Waals surface area contributed by atoms with E-state index < -0.39 is 18.0 Å². The van der Waals surface area contributed by atoms with Crippen LogP contribution in [0.5, 0.6) is 0 Å². The Labute approximate surface area is 114 Å². The Hall–Kier alpha value is -0.660. The molecule has 100 valence electrons. The second kappa shape index (κ2) is 5.14. The van der Waals surface area contributed by atoms with Crippen molar-refractivity contribution in [2.75, 3.05) is 5.75 Å². The molecule has 18 heavy (non-hydrogen) atoms. The molecule has 0 radical (unpaired) electrons. The van der Waals surface area contributed by atoms with Crippen molar-refractivity contribution < 1.29 is 19.8 Å². The third-order valence-electron chi connectivity index (χ3n) is 2.91. The Morgan fingerprint density at radius 1 is 1.61 bits per heavy atom. The van der Waals surface area contributed by atoms with E-state index in [4.69, 9.17) is 0 Å². The standard InChI is InChI=1S/C11H15NO4S2/c1-3-4-17-11-7(10(15)16)12-8(14)6(5(2)13)9(12)18-11/h5-6,9,13H,3-4H2,1-2H3,(H,15,16)/t5?,6-,9+/m0/s1. The summed E-state index contributed by atoms with van der Waals surface area (Å²) < 4.78 is 0.686. The lowest BCUT2D eigenvalue weighted by molar-refractivity contribution is -0.156. The molecule has 2 rings (SSSR count). The topological polar surface area (TPSA) is 77.8 Å². The normalized spacial score (nSPS) is 28.2. The van der Waals surface area contributed by atoms with E-state index in [0.717, 1.165) is 12.2 Å². The first kappa shape index (κ1) is 13.8. The average Bonchev–Trinajstić information content (AvgIpc) is 2.60. The molecule has 0 aromatic carbocycles. The molecule has 1 fully saturated rings. The van der Waals surface area contributed by atoms with Crippen LogP contribution in [0.4, 0.5) is 0 Å². The van der Waals surface area contributed by atoms with Crippen LogP contribution >= 0.6 is 23.5 Å². The Morgan fingerprint density at radius 3 is 2.78 bits per heavy atom. The van der Waals surface area contributed by atoms with Gasteiger partial charge >= 0.3 is 5.97 Å². The van der Waals surface area contributed by atoms with Crippen LogP contribution < -0.4 is 0 Å². The van der Waals surface area contributed by atoms with Crippen LogP contribution in [0, 0.1) is 5.92 Å². The van der Waals surface area contributed by atoms with Gasteiger partial charge < -0.3 is 10.2 Å². The molecule has 0 aromatic heterocycles. The molecule has 3 atom stereocenters. The summed E-state index contributed by atoms with van der Waals surface area (Å²) in [6.45, 7) is 3.59. The summed E-state index contributed by atoms with van der Waals surface area (Å²) in [6.07, 6.45) is 0.205. The van der Waals surface area contributed by atoms with Crippen molar-refractivity contribution in [3.05, 3.63) is 9.93 Å². The quantitative estimate of drug-likeness (QED) is 0.743. The van der Waals surface area contributed by atoms with E-state index in [1.54, 1.807) is 6.92 Å². The summed E-state index contributed by atoms with van der Waals surface area (Å²) in [4.78, 5) is 24.4.